The number of halogens is 3. The lowest BCUT2D eigenvalue weighted by Gasteiger charge is -2.11. The molecule has 0 heterocycles. The molecule has 1 amide bonds. The van der Waals surface area contributed by atoms with Gasteiger partial charge in [-0.15, -0.1) is 0 Å². The van der Waals surface area contributed by atoms with Crippen LogP contribution in [0.1, 0.15) is 12.8 Å². The Kier molecular flexibility index (Phi) is 3.10. The molecule has 0 aliphatic heterocycles. The molecule has 0 radical (unpaired) electrons. The number of hydrogen-bond donors (Lipinski definition) is 1. The van der Waals surface area contributed by atoms with Crippen molar-refractivity contribution in [2.24, 2.45) is 5.41 Å². The second-order valence-electron chi connectivity index (χ2n) is 3.93. The molecule has 1 fully saturated rings. The summed E-state index contributed by atoms with van der Waals surface area (Å²) in [4.78, 5) is 22.9. The first kappa shape index (κ1) is 12.3. The van der Waals surface area contributed by atoms with Crippen LogP contribution in [-0.2, 0) is 9.59 Å². The Bertz CT molecular complexity index is 500. The summed E-state index contributed by atoms with van der Waals surface area (Å²) in [7, 11) is 0. The zero-order valence-electron chi connectivity index (χ0n) is 8.60. The smallest absolute Gasteiger partial charge is 0.239 e. The summed E-state index contributed by atoms with van der Waals surface area (Å²) in [6, 6.07) is 3.59. The number of amides is 1. The minimum atomic E-state index is -1.13. The fourth-order valence-electron chi connectivity index (χ4n) is 1.47. The molecule has 0 aromatic heterocycles. The van der Waals surface area contributed by atoms with Crippen molar-refractivity contribution in [2.45, 2.75) is 12.8 Å². The molecule has 90 valence electrons. The summed E-state index contributed by atoms with van der Waals surface area (Å²) >= 11 is 11.1. The number of nitrogens with one attached hydrogen (secondary N) is 1. The molecular weight excluding hydrogens is 268 g/mol. The molecule has 1 aromatic carbocycles. The minimum Gasteiger partial charge on any atom is -0.324 e. The van der Waals surface area contributed by atoms with Crippen molar-refractivity contribution >= 4 is 40.0 Å². The second kappa shape index (κ2) is 4.27. The van der Waals surface area contributed by atoms with Gasteiger partial charge in [-0.25, -0.2) is 4.39 Å². The maximum Gasteiger partial charge on any atom is 0.239 e. The van der Waals surface area contributed by atoms with E-state index in [0.717, 1.165) is 6.07 Å². The standard InChI is InChI=1S/C11H8Cl2FNO2/c12-7-5-6(14)1-2-8(7)15-10(17)11(3-4-11)9(13)16/h1-2,5H,3-4H2,(H,15,17). The summed E-state index contributed by atoms with van der Waals surface area (Å²) in [6.45, 7) is 0. The van der Waals surface area contributed by atoms with E-state index >= 15 is 0 Å². The Labute approximate surface area is 107 Å². The lowest BCUT2D eigenvalue weighted by Crippen LogP contribution is -2.28. The molecule has 1 N–H and O–H groups in total. The van der Waals surface area contributed by atoms with Crippen LogP contribution in [0.15, 0.2) is 18.2 Å². The highest BCUT2D eigenvalue weighted by atomic mass is 35.5. The molecule has 6 heteroatoms. The first-order valence-electron chi connectivity index (χ1n) is 4.92. The summed E-state index contributed by atoms with van der Waals surface area (Å²) in [5.74, 6) is -0.992. The molecule has 0 atom stereocenters. The molecule has 1 aromatic rings. The SMILES string of the molecule is O=C(Cl)C1(C(=O)Nc2ccc(F)cc2Cl)CC1. The molecular formula is C11H8Cl2FNO2. The lowest BCUT2D eigenvalue weighted by molar-refractivity contribution is -0.128. The van der Waals surface area contributed by atoms with Gasteiger partial charge in [0.25, 0.3) is 0 Å². The Balaban J connectivity index is 2.17. The third-order valence-electron chi connectivity index (χ3n) is 2.74. The zero-order valence-corrected chi connectivity index (χ0v) is 10.1. The van der Waals surface area contributed by atoms with Crippen LogP contribution in [-0.4, -0.2) is 11.1 Å². The van der Waals surface area contributed by atoms with Gasteiger partial charge in [0.05, 0.1) is 10.7 Å². The average molecular weight is 276 g/mol. The van der Waals surface area contributed by atoms with E-state index in [4.69, 9.17) is 23.2 Å². The predicted octanol–water partition coefficient (Wildman–Crippen LogP) is 2.96. The molecule has 0 saturated heterocycles. The van der Waals surface area contributed by atoms with Crippen LogP contribution in [0.2, 0.25) is 5.02 Å². The molecule has 3 nitrogen and oxygen atoms in total. The third kappa shape index (κ3) is 2.28. The highest BCUT2D eigenvalue weighted by Gasteiger charge is 2.55. The Morgan fingerprint density at radius 3 is 2.47 bits per heavy atom. The summed E-state index contributed by atoms with van der Waals surface area (Å²) in [5.41, 5.74) is -0.860. The molecule has 0 spiro atoms. The van der Waals surface area contributed by atoms with Crippen molar-refractivity contribution in [3.05, 3.63) is 29.0 Å². The quantitative estimate of drug-likeness (QED) is 0.681. The summed E-state index contributed by atoms with van der Waals surface area (Å²) in [6.07, 6.45) is 0.861. The summed E-state index contributed by atoms with van der Waals surface area (Å²) < 4.78 is 12.8. The van der Waals surface area contributed by atoms with Crippen LogP contribution in [0.5, 0.6) is 0 Å². The topological polar surface area (TPSA) is 46.2 Å². The van der Waals surface area contributed by atoms with Crippen molar-refractivity contribution in [2.75, 3.05) is 5.32 Å². The highest BCUT2D eigenvalue weighted by molar-refractivity contribution is 6.67. The second-order valence-corrected chi connectivity index (χ2v) is 4.68. The van der Waals surface area contributed by atoms with Gasteiger partial charge in [-0.1, -0.05) is 11.6 Å². The zero-order chi connectivity index (χ0) is 12.6. The number of hydrogen-bond acceptors (Lipinski definition) is 2. The van der Waals surface area contributed by atoms with Crippen molar-refractivity contribution in [1.82, 2.24) is 0 Å². The van der Waals surface area contributed by atoms with Crippen molar-refractivity contribution in [3.8, 4) is 0 Å². The maximum atomic E-state index is 12.8. The summed E-state index contributed by atoms with van der Waals surface area (Å²) in [5, 5.41) is 1.89. The number of carbonyl (C=O) groups is 2. The van der Waals surface area contributed by atoms with E-state index < -0.39 is 22.4 Å². The van der Waals surface area contributed by atoms with Gasteiger partial charge >= 0.3 is 0 Å². The van der Waals surface area contributed by atoms with Crippen molar-refractivity contribution < 1.29 is 14.0 Å². The van der Waals surface area contributed by atoms with Crippen molar-refractivity contribution in [1.29, 1.82) is 0 Å². The van der Waals surface area contributed by atoms with E-state index in [-0.39, 0.29) is 10.7 Å². The van der Waals surface area contributed by atoms with Crippen LogP contribution in [0.25, 0.3) is 0 Å². The first-order valence-corrected chi connectivity index (χ1v) is 5.68. The Hall–Kier alpha value is -1.13. The Morgan fingerprint density at radius 1 is 1.35 bits per heavy atom. The van der Waals surface area contributed by atoms with Crippen molar-refractivity contribution in [3.63, 3.8) is 0 Å². The number of rotatable bonds is 3. The van der Waals surface area contributed by atoms with E-state index in [1.807, 2.05) is 0 Å². The van der Waals surface area contributed by atoms with E-state index in [1.165, 1.54) is 12.1 Å². The van der Waals surface area contributed by atoms with Gasteiger partial charge < -0.3 is 5.32 Å². The highest BCUT2D eigenvalue weighted by Crippen LogP contribution is 2.48. The predicted molar refractivity (Wildman–Crippen MR) is 62.6 cm³/mol. The fraction of sp³-hybridized carbons (Fsp3) is 0.273. The number of carbonyl (C=O) groups excluding carboxylic acids is 2. The van der Waals surface area contributed by atoms with Gasteiger partial charge in [-0.3, -0.25) is 9.59 Å². The average Bonchev–Trinajstić information content (AvgIpc) is 3.02. The van der Waals surface area contributed by atoms with E-state index in [2.05, 4.69) is 5.32 Å². The molecule has 2 rings (SSSR count). The number of benzene rings is 1. The first-order chi connectivity index (χ1) is 7.95. The number of anilines is 1. The normalized spacial score (nSPS) is 16.4. The molecule has 1 aliphatic carbocycles. The molecule has 0 bridgehead atoms. The van der Waals surface area contributed by atoms with Gasteiger partial charge in [0.1, 0.15) is 11.2 Å². The Morgan fingerprint density at radius 2 is 2.00 bits per heavy atom. The van der Waals surface area contributed by atoms with Crippen LogP contribution in [0.4, 0.5) is 10.1 Å². The van der Waals surface area contributed by atoms with Crippen LogP contribution >= 0.6 is 23.2 Å². The molecule has 1 aliphatic rings. The monoisotopic (exact) mass is 275 g/mol. The third-order valence-corrected chi connectivity index (χ3v) is 3.41. The fourth-order valence-corrected chi connectivity index (χ4v) is 1.96. The molecule has 0 unspecified atom stereocenters. The van der Waals surface area contributed by atoms with Crippen LogP contribution in [0, 0.1) is 11.2 Å². The molecule has 17 heavy (non-hydrogen) atoms. The van der Waals surface area contributed by atoms with Gasteiger partial charge in [-0.2, -0.15) is 0 Å². The maximum absolute atomic E-state index is 12.8. The largest absolute Gasteiger partial charge is 0.324 e. The molecule has 1 saturated carbocycles. The van der Waals surface area contributed by atoms with Gasteiger partial charge in [0.15, 0.2) is 0 Å². The van der Waals surface area contributed by atoms with Gasteiger partial charge in [0.2, 0.25) is 11.1 Å². The van der Waals surface area contributed by atoms with Gasteiger partial charge in [-0.05, 0) is 42.6 Å². The lowest BCUT2D eigenvalue weighted by atomic mass is 10.1. The van der Waals surface area contributed by atoms with Crippen LogP contribution < -0.4 is 5.32 Å². The van der Waals surface area contributed by atoms with E-state index in [0.29, 0.717) is 12.8 Å². The van der Waals surface area contributed by atoms with Gasteiger partial charge in [0, 0.05) is 0 Å². The van der Waals surface area contributed by atoms with E-state index in [1.54, 1.807) is 0 Å². The van der Waals surface area contributed by atoms with Crippen LogP contribution in [0.3, 0.4) is 0 Å². The van der Waals surface area contributed by atoms with E-state index in [9.17, 15) is 14.0 Å². The minimum absolute atomic E-state index is 0.0798.